The Kier molecular flexibility index (Phi) is 9.01. The van der Waals surface area contributed by atoms with Crippen molar-refractivity contribution in [3.63, 3.8) is 0 Å². The average molecular weight is 508 g/mol. The summed E-state index contributed by atoms with van der Waals surface area (Å²) in [7, 11) is -1.48. The fourth-order valence-corrected chi connectivity index (χ4v) is 4.78. The topological polar surface area (TPSA) is 73.8 Å². The van der Waals surface area contributed by atoms with Crippen LogP contribution < -0.4 is 10.0 Å². The lowest BCUT2D eigenvalue weighted by molar-refractivity contribution is 0.233. The molecule has 0 spiro atoms. The quantitative estimate of drug-likeness (QED) is 0.365. The van der Waals surface area contributed by atoms with Crippen molar-refractivity contribution in [2.75, 3.05) is 32.9 Å². The minimum absolute atomic E-state index is 0. The fourth-order valence-electron chi connectivity index (χ4n) is 3.70. The van der Waals surface area contributed by atoms with Crippen molar-refractivity contribution < 1.29 is 8.42 Å². The number of sulfonamides is 1. The molecule has 0 radical (unpaired) electrons. The normalized spacial score (nSPS) is 21.5. The number of nitrogens with zero attached hydrogens (tertiary/aromatic N) is 2. The van der Waals surface area contributed by atoms with Crippen molar-refractivity contribution in [2.45, 2.75) is 38.6 Å². The van der Waals surface area contributed by atoms with Gasteiger partial charge in [0.2, 0.25) is 10.0 Å². The summed E-state index contributed by atoms with van der Waals surface area (Å²) in [5.41, 5.74) is 0.818. The molecule has 0 aliphatic carbocycles. The smallest absolute Gasteiger partial charge is 0.209 e. The second kappa shape index (κ2) is 10.1. The van der Waals surface area contributed by atoms with Crippen LogP contribution in [0.2, 0.25) is 0 Å². The Morgan fingerprint density at radius 3 is 2.44 bits per heavy atom. The summed E-state index contributed by atoms with van der Waals surface area (Å²) in [5.74, 6) is 1.91. The van der Waals surface area contributed by atoms with Gasteiger partial charge in [-0.2, -0.15) is 0 Å². The highest BCUT2D eigenvalue weighted by molar-refractivity contribution is 14.0. The van der Waals surface area contributed by atoms with Gasteiger partial charge in [-0.3, -0.25) is 4.99 Å². The van der Waals surface area contributed by atoms with Crippen LogP contribution in [0.25, 0.3) is 0 Å². The Morgan fingerprint density at radius 2 is 1.93 bits per heavy atom. The molecule has 1 saturated heterocycles. The standard InChI is InChI=1S/C19H32N4O2S.HI/c1-15-13-23(12-11-17(15)16-9-7-6-8-10-16)18(20-4)21-14-19(2,3)22-26(5,24)25;/h6-10,15,17,22H,11-14H2,1-5H3,(H,20,21);1H. The molecule has 2 unspecified atom stereocenters. The van der Waals surface area contributed by atoms with Crippen LogP contribution in [0, 0.1) is 5.92 Å². The molecule has 2 rings (SSSR count). The summed E-state index contributed by atoms with van der Waals surface area (Å²) in [5, 5.41) is 3.33. The van der Waals surface area contributed by atoms with Gasteiger partial charge >= 0.3 is 0 Å². The highest BCUT2D eigenvalue weighted by atomic mass is 127. The van der Waals surface area contributed by atoms with Crippen molar-refractivity contribution in [3.8, 4) is 0 Å². The summed E-state index contributed by atoms with van der Waals surface area (Å²) in [6.07, 6.45) is 2.26. The lowest BCUT2D eigenvalue weighted by Crippen LogP contribution is -2.55. The first-order valence-corrected chi connectivity index (χ1v) is 11.0. The third-order valence-corrected chi connectivity index (χ3v) is 5.72. The minimum Gasteiger partial charge on any atom is -0.354 e. The zero-order valence-electron chi connectivity index (χ0n) is 16.9. The minimum atomic E-state index is -3.25. The van der Waals surface area contributed by atoms with Gasteiger partial charge in [0, 0.05) is 32.2 Å². The Hall–Kier alpha value is -0.870. The molecule has 8 heteroatoms. The van der Waals surface area contributed by atoms with E-state index >= 15 is 0 Å². The van der Waals surface area contributed by atoms with E-state index in [-0.39, 0.29) is 24.0 Å². The van der Waals surface area contributed by atoms with Gasteiger partial charge in [0.05, 0.1) is 6.26 Å². The molecule has 0 saturated carbocycles. The SMILES string of the molecule is CN=C(NCC(C)(C)NS(C)(=O)=O)N1CCC(c2ccccc2)C(C)C1.I. The number of piperidine rings is 1. The summed E-state index contributed by atoms with van der Waals surface area (Å²) < 4.78 is 25.6. The zero-order valence-corrected chi connectivity index (χ0v) is 20.0. The summed E-state index contributed by atoms with van der Waals surface area (Å²) in [6.45, 7) is 8.34. The van der Waals surface area contributed by atoms with Gasteiger partial charge in [-0.15, -0.1) is 24.0 Å². The molecule has 2 N–H and O–H groups in total. The highest BCUT2D eigenvalue weighted by Gasteiger charge is 2.29. The van der Waals surface area contributed by atoms with E-state index in [1.807, 2.05) is 13.8 Å². The van der Waals surface area contributed by atoms with E-state index in [1.54, 1.807) is 7.05 Å². The summed E-state index contributed by atoms with van der Waals surface area (Å²) in [4.78, 5) is 6.66. The monoisotopic (exact) mass is 508 g/mol. The summed E-state index contributed by atoms with van der Waals surface area (Å²) in [6, 6.07) is 10.7. The fraction of sp³-hybridized carbons (Fsp3) is 0.632. The molecule has 6 nitrogen and oxygen atoms in total. The molecular formula is C19H33IN4O2S. The van der Waals surface area contributed by atoms with Crippen LogP contribution in [-0.2, 0) is 10.0 Å². The maximum atomic E-state index is 11.5. The Bertz CT molecular complexity index is 722. The zero-order chi connectivity index (χ0) is 19.4. The molecule has 1 aromatic carbocycles. The number of rotatable bonds is 5. The first-order chi connectivity index (χ1) is 12.1. The third kappa shape index (κ3) is 7.57. The lowest BCUT2D eigenvalue weighted by atomic mass is 9.82. The van der Waals surface area contributed by atoms with E-state index in [0.717, 1.165) is 25.5 Å². The molecule has 1 heterocycles. The van der Waals surface area contributed by atoms with E-state index in [4.69, 9.17) is 0 Å². The number of halogens is 1. The highest BCUT2D eigenvalue weighted by Crippen LogP contribution is 2.32. The largest absolute Gasteiger partial charge is 0.354 e. The number of hydrogen-bond acceptors (Lipinski definition) is 3. The molecular weight excluding hydrogens is 475 g/mol. The molecule has 1 aliphatic rings. The maximum absolute atomic E-state index is 11.5. The molecule has 2 atom stereocenters. The van der Waals surface area contributed by atoms with Crippen LogP contribution in [0.1, 0.15) is 38.7 Å². The number of likely N-dealkylation sites (tertiary alicyclic amines) is 1. The number of benzene rings is 1. The van der Waals surface area contributed by atoms with Crippen LogP contribution in [0.15, 0.2) is 35.3 Å². The molecule has 1 fully saturated rings. The van der Waals surface area contributed by atoms with Crippen molar-refractivity contribution in [1.29, 1.82) is 0 Å². The van der Waals surface area contributed by atoms with Crippen molar-refractivity contribution in [2.24, 2.45) is 10.9 Å². The molecule has 27 heavy (non-hydrogen) atoms. The average Bonchev–Trinajstić information content (AvgIpc) is 2.54. The predicted molar refractivity (Wildman–Crippen MR) is 123 cm³/mol. The van der Waals surface area contributed by atoms with Gasteiger partial charge in [-0.05, 0) is 37.7 Å². The number of aliphatic imine (C=N–C) groups is 1. The van der Waals surface area contributed by atoms with Crippen LogP contribution in [0.4, 0.5) is 0 Å². The van der Waals surface area contributed by atoms with E-state index in [2.05, 4.69) is 57.2 Å². The second-order valence-corrected chi connectivity index (χ2v) is 9.64. The number of nitrogens with one attached hydrogen (secondary N) is 2. The maximum Gasteiger partial charge on any atom is 0.209 e. The third-order valence-electron chi connectivity index (χ3n) is 4.79. The van der Waals surface area contributed by atoms with Crippen molar-refractivity contribution in [1.82, 2.24) is 14.9 Å². The number of guanidine groups is 1. The van der Waals surface area contributed by atoms with Crippen LogP contribution in [0.5, 0.6) is 0 Å². The Labute approximate surface area is 181 Å². The first-order valence-electron chi connectivity index (χ1n) is 9.11. The number of hydrogen-bond donors (Lipinski definition) is 2. The van der Waals surface area contributed by atoms with Gasteiger partial charge < -0.3 is 10.2 Å². The van der Waals surface area contributed by atoms with Crippen LogP contribution in [-0.4, -0.2) is 57.8 Å². The van der Waals surface area contributed by atoms with E-state index in [9.17, 15) is 8.42 Å². The lowest BCUT2D eigenvalue weighted by Gasteiger charge is -2.39. The van der Waals surface area contributed by atoms with Gasteiger partial charge in [-0.25, -0.2) is 13.1 Å². The molecule has 1 aliphatic heterocycles. The molecule has 154 valence electrons. The van der Waals surface area contributed by atoms with Gasteiger partial charge in [0.15, 0.2) is 5.96 Å². The van der Waals surface area contributed by atoms with E-state index < -0.39 is 15.6 Å². The molecule has 0 amide bonds. The van der Waals surface area contributed by atoms with Crippen LogP contribution in [0.3, 0.4) is 0 Å². The van der Waals surface area contributed by atoms with Crippen molar-refractivity contribution >= 4 is 40.0 Å². The van der Waals surface area contributed by atoms with Crippen molar-refractivity contribution in [3.05, 3.63) is 35.9 Å². The second-order valence-electron chi connectivity index (χ2n) is 7.89. The molecule has 1 aromatic rings. The summed E-state index contributed by atoms with van der Waals surface area (Å²) >= 11 is 0. The molecule has 0 bridgehead atoms. The van der Waals surface area contributed by atoms with Gasteiger partial charge in [0.1, 0.15) is 0 Å². The first kappa shape index (κ1) is 24.2. The van der Waals surface area contributed by atoms with Gasteiger partial charge in [0.25, 0.3) is 0 Å². The van der Waals surface area contributed by atoms with Gasteiger partial charge in [-0.1, -0.05) is 37.3 Å². The Balaban J connectivity index is 0.00000364. The van der Waals surface area contributed by atoms with E-state index in [1.165, 1.54) is 11.8 Å². The van der Waals surface area contributed by atoms with Crippen LogP contribution >= 0.6 is 24.0 Å². The molecule has 0 aromatic heterocycles. The Morgan fingerprint density at radius 1 is 1.30 bits per heavy atom. The van der Waals surface area contributed by atoms with E-state index in [0.29, 0.717) is 18.4 Å². The predicted octanol–water partition coefficient (Wildman–Crippen LogP) is 2.63.